The minimum atomic E-state index is -5.03. The Morgan fingerprint density at radius 3 is 2.32 bits per heavy atom. The summed E-state index contributed by atoms with van der Waals surface area (Å²) in [6.07, 6.45) is -3.49. The Morgan fingerprint density at radius 1 is 1.00 bits per heavy atom. The molecule has 31 heavy (non-hydrogen) atoms. The number of aryl methyl sites for hydroxylation is 1. The van der Waals surface area contributed by atoms with Gasteiger partial charge in [0.2, 0.25) is 0 Å². The van der Waals surface area contributed by atoms with Gasteiger partial charge in [-0.1, -0.05) is 54.6 Å². The summed E-state index contributed by atoms with van der Waals surface area (Å²) in [5, 5.41) is 0.991. The molecule has 0 unspecified atom stereocenters. The van der Waals surface area contributed by atoms with E-state index in [0.717, 1.165) is 34.6 Å². The fourth-order valence-electron chi connectivity index (χ4n) is 3.52. The molecule has 0 radical (unpaired) electrons. The molecule has 0 bridgehead atoms. The molecule has 5 nitrogen and oxygen atoms in total. The van der Waals surface area contributed by atoms with E-state index in [1.54, 1.807) is 0 Å². The van der Waals surface area contributed by atoms with Crippen molar-refractivity contribution in [3.8, 4) is 0 Å². The minimum absolute atomic E-state index is 0.0458. The standard InChI is InChI=1S/C23H26F3NO4/c1-18-9-5-6-12-20(18)22(16-27(17-22)31-21(28)23(24,25)26)30-14-8-7-13-29-15-19-10-3-2-4-11-19/h2-6,9-12H,7-8,13-17H2,1H3. The molecule has 3 rings (SSSR count). The molecular formula is C23H26F3NO4. The summed E-state index contributed by atoms with van der Waals surface area (Å²) >= 11 is 0. The third-order valence-electron chi connectivity index (χ3n) is 5.12. The molecule has 0 N–H and O–H groups in total. The quantitative estimate of drug-likeness (QED) is 0.511. The van der Waals surface area contributed by atoms with Crippen molar-refractivity contribution >= 4 is 5.97 Å². The maximum Gasteiger partial charge on any atom is 0.492 e. The van der Waals surface area contributed by atoms with Crippen LogP contribution in [-0.2, 0) is 31.3 Å². The number of unbranched alkanes of at least 4 members (excludes halogenated alkanes) is 1. The van der Waals surface area contributed by atoms with Gasteiger partial charge < -0.3 is 14.3 Å². The summed E-state index contributed by atoms with van der Waals surface area (Å²) in [4.78, 5) is 15.5. The first-order chi connectivity index (χ1) is 14.8. The molecule has 1 aliphatic rings. The molecule has 1 aliphatic heterocycles. The van der Waals surface area contributed by atoms with Crippen LogP contribution in [0.4, 0.5) is 13.2 Å². The summed E-state index contributed by atoms with van der Waals surface area (Å²) in [5.74, 6) is -2.22. The zero-order chi connectivity index (χ0) is 22.3. The predicted molar refractivity (Wildman–Crippen MR) is 108 cm³/mol. The lowest BCUT2D eigenvalue weighted by Crippen LogP contribution is -2.61. The second-order valence-electron chi connectivity index (χ2n) is 7.58. The highest BCUT2D eigenvalue weighted by Crippen LogP contribution is 2.38. The van der Waals surface area contributed by atoms with E-state index < -0.39 is 17.7 Å². The molecule has 2 aromatic rings. The smallest absolute Gasteiger partial charge is 0.377 e. The maximum absolute atomic E-state index is 12.5. The fraction of sp³-hybridized carbons (Fsp3) is 0.435. The van der Waals surface area contributed by atoms with E-state index in [1.165, 1.54) is 0 Å². The lowest BCUT2D eigenvalue weighted by atomic mass is 9.84. The molecule has 0 amide bonds. The monoisotopic (exact) mass is 437 g/mol. The minimum Gasteiger partial charge on any atom is -0.377 e. The number of carbonyl (C=O) groups is 1. The largest absolute Gasteiger partial charge is 0.492 e. The van der Waals surface area contributed by atoms with E-state index in [0.29, 0.717) is 19.8 Å². The Balaban J connectivity index is 1.47. The van der Waals surface area contributed by atoms with Crippen molar-refractivity contribution in [3.05, 3.63) is 71.3 Å². The highest BCUT2D eigenvalue weighted by molar-refractivity contribution is 5.75. The number of alkyl halides is 3. The number of hydroxylamine groups is 2. The van der Waals surface area contributed by atoms with Gasteiger partial charge in [0.25, 0.3) is 0 Å². The SMILES string of the molecule is Cc1ccccc1C1(OCCCCOCc2ccccc2)CN(OC(=O)C(F)(F)F)C1. The van der Waals surface area contributed by atoms with Crippen LogP contribution >= 0.6 is 0 Å². The number of hydrogen-bond acceptors (Lipinski definition) is 5. The predicted octanol–water partition coefficient (Wildman–Crippen LogP) is 4.54. The number of carbonyl (C=O) groups excluding carboxylic acids is 1. The van der Waals surface area contributed by atoms with Gasteiger partial charge in [-0.15, -0.1) is 5.06 Å². The fourth-order valence-corrected chi connectivity index (χ4v) is 3.52. The second kappa shape index (κ2) is 10.3. The van der Waals surface area contributed by atoms with Crippen LogP contribution in [0.25, 0.3) is 0 Å². The normalized spacial score (nSPS) is 16.0. The van der Waals surface area contributed by atoms with Crippen LogP contribution in [-0.4, -0.2) is 43.5 Å². The van der Waals surface area contributed by atoms with Crippen LogP contribution in [0.3, 0.4) is 0 Å². The number of benzene rings is 2. The molecule has 1 heterocycles. The highest BCUT2D eigenvalue weighted by Gasteiger charge is 2.51. The summed E-state index contributed by atoms with van der Waals surface area (Å²) < 4.78 is 49.2. The summed E-state index contributed by atoms with van der Waals surface area (Å²) in [7, 11) is 0. The van der Waals surface area contributed by atoms with Crippen LogP contribution in [0, 0.1) is 6.92 Å². The van der Waals surface area contributed by atoms with Gasteiger partial charge in [-0.2, -0.15) is 13.2 Å². The molecule has 0 aliphatic carbocycles. The topological polar surface area (TPSA) is 48.0 Å². The molecule has 0 aromatic heterocycles. The maximum atomic E-state index is 12.5. The van der Waals surface area contributed by atoms with Gasteiger partial charge in [0, 0.05) is 13.2 Å². The molecule has 0 spiro atoms. The first-order valence-electron chi connectivity index (χ1n) is 10.2. The average molecular weight is 437 g/mol. The lowest BCUT2D eigenvalue weighted by Gasteiger charge is -2.48. The van der Waals surface area contributed by atoms with Crippen LogP contribution in [0.15, 0.2) is 54.6 Å². The van der Waals surface area contributed by atoms with E-state index >= 15 is 0 Å². The lowest BCUT2D eigenvalue weighted by molar-refractivity contribution is -0.296. The molecular weight excluding hydrogens is 411 g/mol. The molecule has 1 fully saturated rings. The van der Waals surface area contributed by atoms with Crippen molar-refractivity contribution < 1.29 is 32.3 Å². The van der Waals surface area contributed by atoms with Gasteiger partial charge in [-0.3, -0.25) is 0 Å². The first kappa shape index (κ1) is 23.2. The summed E-state index contributed by atoms with van der Waals surface area (Å²) in [6, 6.07) is 17.4. The van der Waals surface area contributed by atoms with Crippen molar-refractivity contribution in [3.63, 3.8) is 0 Å². The van der Waals surface area contributed by atoms with E-state index in [9.17, 15) is 18.0 Å². The zero-order valence-electron chi connectivity index (χ0n) is 17.4. The van der Waals surface area contributed by atoms with Gasteiger partial charge in [0.15, 0.2) is 0 Å². The van der Waals surface area contributed by atoms with Crippen LogP contribution < -0.4 is 0 Å². The molecule has 0 saturated carbocycles. The van der Waals surface area contributed by atoms with Gasteiger partial charge in [-0.05, 0) is 36.5 Å². The van der Waals surface area contributed by atoms with Crippen molar-refractivity contribution in [2.75, 3.05) is 26.3 Å². The van der Waals surface area contributed by atoms with Crippen LogP contribution in [0.2, 0.25) is 0 Å². The third-order valence-corrected chi connectivity index (χ3v) is 5.12. The Bertz CT molecular complexity index is 851. The number of halogens is 3. The summed E-state index contributed by atoms with van der Waals surface area (Å²) in [5.41, 5.74) is 2.16. The van der Waals surface area contributed by atoms with E-state index in [4.69, 9.17) is 9.47 Å². The Morgan fingerprint density at radius 2 is 1.65 bits per heavy atom. The van der Waals surface area contributed by atoms with Crippen LogP contribution in [0.1, 0.15) is 29.5 Å². The van der Waals surface area contributed by atoms with E-state index in [2.05, 4.69) is 4.84 Å². The zero-order valence-corrected chi connectivity index (χ0v) is 17.4. The van der Waals surface area contributed by atoms with Crippen molar-refractivity contribution in [1.29, 1.82) is 0 Å². The molecule has 1 saturated heterocycles. The van der Waals surface area contributed by atoms with Crippen molar-refractivity contribution in [2.45, 2.75) is 38.1 Å². The Labute approximate surface area is 179 Å². The number of ether oxygens (including phenoxy) is 2. The Hall–Kier alpha value is -2.42. The average Bonchev–Trinajstić information content (AvgIpc) is 2.71. The van der Waals surface area contributed by atoms with E-state index in [-0.39, 0.29) is 13.1 Å². The number of nitrogens with zero attached hydrogens (tertiary/aromatic N) is 1. The molecule has 0 atom stereocenters. The number of rotatable bonds is 10. The highest BCUT2D eigenvalue weighted by atomic mass is 19.4. The number of hydrogen-bond donors (Lipinski definition) is 0. The van der Waals surface area contributed by atoms with E-state index in [1.807, 2.05) is 61.5 Å². The van der Waals surface area contributed by atoms with Crippen molar-refractivity contribution in [1.82, 2.24) is 5.06 Å². The van der Waals surface area contributed by atoms with Crippen molar-refractivity contribution in [2.24, 2.45) is 0 Å². The molecule has 2 aromatic carbocycles. The van der Waals surface area contributed by atoms with Crippen LogP contribution in [0.5, 0.6) is 0 Å². The van der Waals surface area contributed by atoms with Gasteiger partial charge in [0.1, 0.15) is 5.60 Å². The van der Waals surface area contributed by atoms with Gasteiger partial charge >= 0.3 is 12.1 Å². The second-order valence-corrected chi connectivity index (χ2v) is 7.58. The summed E-state index contributed by atoms with van der Waals surface area (Å²) in [6.45, 7) is 3.57. The molecule has 168 valence electrons. The Kier molecular flexibility index (Phi) is 7.69. The first-order valence-corrected chi connectivity index (χ1v) is 10.2. The molecule has 8 heteroatoms. The van der Waals surface area contributed by atoms with Gasteiger partial charge in [-0.25, -0.2) is 4.79 Å². The third kappa shape index (κ3) is 6.29. The van der Waals surface area contributed by atoms with Gasteiger partial charge in [0.05, 0.1) is 19.7 Å².